The Hall–Kier alpha value is -1.09. The first-order valence-corrected chi connectivity index (χ1v) is 7.18. The molecule has 0 aliphatic carbocycles. The van der Waals surface area contributed by atoms with E-state index in [1.807, 2.05) is 43.4 Å². The van der Waals surface area contributed by atoms with E-state index < -0.39 is 8.32 Å². The maximum atomic E-state index is 10.8. The summed E-state index contributed by atoms with van der Waals surface area (Å²) in [5, 5.41) is 1.14. The van der Waals surface area contributed by atoms with Gasteiger partial charge in [-0.3, -0.25) is 4.79 Å². The molecule has 0 spiro atoms. The summed E-state index contributed by atoms with van der Waals surface area (Å²) in [5.41, 5.74) is 0. The highest BCUT2D eigenvalue weighted by atomic mass is 28.4. The van der Waals surface area contributed by atoms with Gasteiger partial charge in [0.1, 0.15) is 0 Å². The van der Waals surface area contributed by atoms with Gasteiger partial charge in [-0.15, -0.1) is 0 Å². The van der Waals surface area contributed by atoms with Gasteiger partial charge in [-0.2, -0.15) is 0 Å². The van der Waals surface area contributed by atoms with Gasteiger partial charge < -0.3 is 4.43 Å². The van der Waals surface area contributed by atoms with Gasteiger partial charge in [0.2, 0.25) is 0 Å². The highest BCUT2D eigenvalue weighted by Crippen LogP contribution is 2.04. The zero-order valence-electron chi connectivity index (χ0n) is 8.20. The van der Waals surface area contributed by atoms with Crippen LogP contribution in [0, 0.1) is 0 Å². The van der Waals surface area contributed by atoms with Crippen molar-refractivity contribution in [3.63, 3.8) is 0 Å². The van der Waals surface area contributed by atoms with E-state index in [1.54, 1.807) is 0 Å². The van der Waals surface area contributed by atoms with E-state index in [1.165, 1.54) is 6.92 Å². The predicted molar refractivity (Wildman–Crippen MR) is 55.3 cm³/mol. The van der Waals surface area contributed by atoms with E-state index >= 15 is 0 Å². The molecule has 0 heterocycles. The van der Waals surface area contributed by atoms with E-state index in [-0.39, 0.29) is 5.97 Å². The molecule has 0 amide bonds. The smallest absolute Gasteiger partial charge is 0.289 e. The molecule has 0 fully saturated rings. The van der Waals surface area contributed by atoms with Crippen molar-refractivity contribution in [2.45, 2.75) is 20.0 Å². The molecular weight excluding hydrogens is 180 g/mol. The Morgan fingerprint density at radius 3 is 2.23 bits per heavy atom. The molecule has 0 saturated carbocycles. The highest BCUT2D eigenvalue weighted by molar-refractivity contribution is 6.85. The summed E-state index contributed by atoms with van der Waals surface area (Å²) < 4.78 is 5.32. The molecule has 0 aliphatic heterocycles. The molecule has 0 atom stereocenters. The third-order valence-corrected chi connectivity index (χ3v) is 4.39. The van der Waals surface area contributed by atoms with Crippen LogP contribution in [0.25, 0.3) is 0 Å². The van der Waals surface area contributed by atoms with Gasteiger partial charge in [-0.1, -0.05) is 30.3 Å². The van der Waals surface area contributed by atoms with Gasteiger partial charge in [-0.25, -0.2) is 0 Å². The second kappa shape index (κ2) is 3.74. The Bertz CT molecular complexity index is 293. The topological polar surface area (TPSA) is 26.3 Å². The fourth-order valence-corrected chi connectivity index (χ4v) is 3.09. The van der Waals surface area contributed by atoms with Crippen molar-refractivity contribution < 1.29 is 9.22 Å². The van der Waals surface area contributed by atoms with Crippen molar-refractivity contribution in [2.24, 2.45) is 0 Å². The number of carbonyl (C=O) groups excluding carboxylic acids is 1. The first-order valence-electron chi connectivity index (χ1n) is 4.27. The third-order valence-electron chi connectivity index (χ3n) is 1.87. The molecule has 0 aromatic heterocycles. The molecule has 0 bridgehead atoms. The SMILES string of the molecule is CC(=O)O[Si](C)(C)c1ccccc1. The first-order chi connectivity index (χ1) is 6.02. The summed E-state index contributed by atoms with van der Waals surface area (Å²) in [7, 11) is -1.99. The third kappa shape index (κ3) is 2.70. The van der Waals surface area contributed by atoms with Crippen molar-refractivity contribution >= 4 is 19.5 Å². The lowest BCUT2D eigenvalue weighted by Crippen LogP contribution is -2.45. The summed E-state index contributed by atoms with van der Waals surface area (Å²) in [4.78, 5) is 10.8. The molecule has 70 valence electrons. The average molecular weight is 194 g/mol. The molecule has 3 heteroatoms. The van der Waals surface area contributed by atoms with Crippen LogP contribution in [0.3, 0.4) is 0 Å². The summed E-state index contributed by atoms with van der Waals surface area (Å²) in [5.74, 6) is -0.194. The second-order valence-corrected chi connectivity index (χ2v) is 7.27. The van der Waals surface area contributed by atoms with Crippen molar-refractivity contribution in [3.05, 3.63) is 30.3 Å². The molecule has 0 unspecified atom stereocenters. The van der Waals surface area contributed by atoms with E-state index in [2.05, 4.69) is 0 Å². The molecule has 0 saturated heterocycles. The lowest BCUT2D eigenvalue weighted by Gasteiger charge is -2.21. The van der Waals surface area contributed by atoms with Crippen molar-refractivity contribution in [3.8, 4) is 0 Å². The average Bonchev–Trinajstić information content (AvgIpc) is 2.04. The maximum Gasteiger partial charge on any atom is 0.289 e. The number of benzene rings is 1. The van der Waals surface area contributed by atoms with Crippen LogP contribution in [0.2, 0.25) is 13.1 Å². The van der Waals surface area contributed by atoms with E-state index in [0.717, 1.165) is 5.19 Å². The summed E-state index contributed by atoms with van der Waals surface area (Å²) in [6.07, 6.45) is 0. The van der Waals surface area contributed by atoms with Gasteiger partial charge in [0.05, 0.1) is 0 Å². The molecule has 0 radical (unpaired) electrons. The van der Waals surface area contributed by atoms with Crippen LogP contribution in [0.4, 0.5) is 0 Å². The van der Waals surface area contributed by atoms with Crippen LogP contribution in [-0.2, 0) is 9.22 Å². The Labute approximate surface area is 79.7 Å². The largest absolute Gasteiger partial charge is 0.515 e. The predicted octanol–water partition coefficient (Wildman–Crippen LogP) is 1.66. The molecule has 13 heavy (non-hydrogen) atoms. The highest BCUT2D eigenvalue weighted by Gasteiger charge is 2.27. The van der Waals surface area contributed by atoms with Crippen LogP contribution in [-0.4, -0.2) is 14.3 Å². The van der Waals surface area contributed by atoms with Crippen LogP contribution in [0.15, 0.2) is 30.3 Å². The fraction of sp³-hybridized carbons (Fsp3) is 0.300. The zero-order chi connectivity index (χ0) is 9.90. The van der Waals surface area contributed by atoms with E-state index in [9.17, 15) is 4.79 Å². The minimum Gasteiger partial charge on any atom is -0.515 e. The van der Waals surface area contributed by atoms with Gasteiger partial charge in [0.25, 0.3) is 14.3 Å². The molecule has 0 N–H and O–H groups in total. The quantitative estimate of drug-likeness (QED) is 0.669. The van der Waals surface area contributed by atoms with Crippen LogP contribution >= 0.6 is 0 Å². The van der Waals surface area contributed by atoms with Gasteiger partial charge >= 0.3 is 0 Å². The summed E-state index contributed by atoms with van der Waals surface area (Å²) in [6, 6.07) is 9.91. The van der Waals surface area contributed by atoms with Crippen molar-refractivity contribution in [2.75, 3.05) is 0 Å². The lowest BCUT2D eigenvalue weighted by atomic mass is 10.4. The Morgan fingerprint density at radius 2 is 1.77 bits per heavy atom. The van der Waals surface area contributed by atoms with Gasteiger partial charge in [0.15, 0.2) is 0 Å². The Balaban J connectivity index is 2.87. The fourth-order valence-electron chi connectivity index (χ4n) is 1.26. The van der Waals surface area contributed by atoms with Crippen molar-refractivity contribution in [1.29, 1.82) is 0 Å². The number of hydrogen-bond donors (Lipinski definition) is 0. The standard InChI is InChI=1S/C10H14O2Si/c1-9(11)12-13(2,3)10-7-5-4-6-8-10/h4-8H,1-3H3. The molecular formula is C10H14O2Si. The Kier molecular flexibility index (Phi) is 2.88. The van der Waals surface area contributed by atoms with Crippen LogP contribution in [0.5, 0.6) is 0 Å². The lowest BCUT2D eigenvalue weighted by molar-refractivity contribution is -0.132. The molecule has 1 aromatic rings. The first kappa shape index (κ1) is 9.99. The van der Waals surface area contributed by atoms with E-state index in [0.29, 0.717) is 0 Å². The minimum atomic E-state index is -1.99. The number of rotatable bonds is 2. The number of hydrogen-bond acceptors (Lipinski definition) is 2. The van der Waals surface area contributed by atoms with Crippen molar-refractivity contribution in [1.82, 2.24) is 0 Å². The monoisotopic (exact) mass is 194 g/mol. The maximum absolute atomic E-state index is 10.8. The van der Waals surface area contributed by atoms with Gasteiger partial charge in [0, 0.05) is 6.92 Å². The normalized spacial score (nSPS) is 11.0. The molecule has 1 rings (SSSR count). The Morgan fingerprint density at radius 1 is 1.23 bits per heavy atom. The number of carbonyl (C=O) groups is 1. The molecule has 1 aromatic carbocycles. The van der Waals surface area contributed by atoms with Gasteiger partial charge in [-0.05, 0) is 18.3 Å². The second-order valence-electron chi connectivity index (χ2n) is 3.47. The molecule has 2 nitrogen and oxygen atoms in total. The minimum absolute atomic E-state index is 0.194. The summed E-state index contributed by atoms with van der Waals surface area (Å²) in [6.45, 7) is 5.49. The van der Waals surface area contributed by atoms with Crippen LogP contribution in [0.1, 0.15) is 6.92 Å². The van der Waals surface area contributed by atoms with E-state index in [4.69, 9.17) is 4.43 Å². The zero-order valence-corrected chi connectivity index (χ0v) is 9.20. The van der Waals surface area contributed by atoms with Crippen LogP contribution < -0.4 is 5.19 Å². The molecule has 0 aliphatic rings. The summed E-state index contributed by atoms with van der Waals surface area (Å²) >= 11 is 0.